The standard InChI is InChI=1S/C22H24ClFN4O3S/c1-22(2,3)28(32(29,30)16-7-5-4-6-8-16)20-12-19(24)18(23)11-17(20)21-26-25-14-27(21)15-9-10-31-13-15/h4-8,11-12,14-15H,9-10,13H2,1-3H3/t15-/m1/s1. The molecule has 0 saturated carbocycles. The van der Waals surface area contributed by atoms with Gasteiger partial charge in [0.25, 0.3) is 10.0 Å². The summed E-state index contributed by atoms with van der Waals surface area (Å²) in [6, 6.07) is 10.6. The Morgan fingerprint density at radius 2 is 1.94 bits per heavy atom. The van der Waals surface area contributed by atoms with Crippen LogP contribution in [0.15, 0.2) is 53.7 Å². The van der Waals surface area contributed by atoms with E-state index >= 15 is 0 Å². The molecule has 0 spiro atoms. The van der Waals surface area contributed by atoms with Crippen LogP contribution in [-0.2, 0) is 14.8 Å². The van der Waals surface area contributed by atoms with Crippen molar-refractivity contribution in [3.8, 4) is 11.4 Å². The van der Waals surface area contributed by atoms with Crippen molar-refractivity contribution in [2.24, 2.45) is 0 Å². The smallest absolute Gasteiger partial charge is 0.264 e. The van der Waals surface area contributed by atoms with Crippen molar-refractivity contribution in [3.63, 3.8) is 0 Å². The molecule has 170 valence electrons. The fourth-order valence-corrected chi connectivity index (χ4v) is 5.88. The van der Waals surface area contributed by atoms with Gasteiger partial charge in [-0.15, -0.1) is 10.2 Å². The number of hydrogen-bond donors (Lipinski definition) is 0. The largest absolute Gasteiger partial charge is 0.379 e. The van der Waals surface area contributed by atoms with E-state index in [9.17, 15) is 12.8 Å². The van der Waals surface area contributed by atoms with Gasteiger partial charge in [0, 0.05) is 23.8 Å². The van der Waals surface area contributed by atoms with E-state index in [1.165, 1.54) is 22.5 Å². The van der Waals surface area contributed by atoms with E-state index in [0.717, 1.165) is 12.5 Å². The van der Waals surface area contributed by atoms with Crippen molar-refractivity contribution < 1.29 is 17.5 Å². The lowest BCUT2D eigenvalue weighted by Crippen LogP contribution is -2.46. The van der Waals surface area contributed by atoms with E-state index < -0.39 is 21.4 Å². The number of nitrogens with zero attached hydrogens (tertiary/aromatic N) is 4. The van der Waals surface area contributed by atoms with Crippen molar-refractivity contribution in [3.05, 3.63) is 59.6 Å². The van der Waals surface area contributed by atoms with Crippen LogP contribution in [0.4, 0.5) is 10.1 Å². The molecule has 1 saturated heterocycles. The van der Waals surface area contributed by atoms with Gasteiger partial charge in [-0.05, 0) is 45.4 Å². The molecule has 2 aromatic carbocycles. The summed E-state index contributed by atoms with van der Waals surface area (Å²) < 4.78 is 50.8. The average Bonchev–Trinajstić information content (AvgIpc) is 3.41. The zero-order chi connectivity index (χ0) is 23.1. The van der Waals surface area contributed by atoms with Crippen LogP contribution in [0.2, 0.25) is 5.02 Å². The lowest BCUT2D eigenvalue weighted by Gasteiger charge is -2.37. The molecule has 10 heteroatoms. The highest BCUT2D eigenvalue weighted by Gasteiger charge is 2.37. The van der Waals surface area contributed by atoms with Crippen LogP contribution in [-0.4, -0.2) is 41.9 Å². The summed E-state index contributed by atoms with van der Waals surface area (Å²) in [6.45, 7) is 6.34. The van der Waals surface area contributed by atoms with Crippen LogP contribution in [0, 0.1) is 5.82 Å². The molecule has 0 radical (unpaired) electrons. The third-order valence-corrected chi connectivity index (χ3v) is 7.64. The number of halogens is 2. The SMILES string of the molecule is CC(C)(C)N(c1cc(F)c(Cl)cc1-c1nncn1[C@@H]1CCOC1)S(=O)(=O)c1ccccc1. The minimum Gasteiger partial charge on any atom is -0.379 e. The van der Waals surface area contributed by atoms with Crippen LogP contribution >= 0.6 is 11.6 Å². The van der Waals surface area contributed by atoms with E-state index in [0.29, 0.717) is 24.6 Å². The van der Waals surface area contributed by atoms with Gasteiger partial charge < -0.3 is 9.30 Å². The molecule has 0 N–H and O–H groups in total. The lowest BCUT2D eigenvalue weighted by molar-refractivity contribution is 0.187. The van der Waals surface area contributed by atoms with E-state index in [1.807, 2.05) is 4.57 Å². The molecular weight excluding hydrogens is 455 g/mol. The normalized spacial score (nSPS) is 17.0. The quantitative estimate of drug-likeness (QED) is 0.531. The van der Waals surface area contributed by atoms with Crippen LogP contribution < -0.4 is 4.31 Å². The number of hydrogen-bond acceptors (Lipinski definition) is 5. The number of rotatable bonds is 5. The molecule has 1 atom stereocenters. The van der Waals surface area contributed by atoms with Gasteiger partial charge in [-0.2, -0.15) is 0 Å². The van der Waals surface area contributed by atoms with Gasteiger partial charge in [0.05, 0.1) is 28.3 Å². The van der Waals surface area contributed by atoms with E-state index in [1.54, 1.807) is 45.3 Å². The molecular formula is C22H24ClFN4O3S. The Labute approximate surface area is 191 Å². The maximum absolute atomic E-state index is 14.7. The minimum absolute atomic E-state index is 0.00880. The molecule has 1 fully saturated rings. The molecule has 3 aromatic rings. The first-order valence-electron chi connectivity index (χ1n) is 10.2. The van der Waals surface area contributed by atoms with Crippen molar-refractivity contribution in [2.45, 2.75) is 43.7 Å². The van der Waals surface area contributed by atoms with Gasteiger partial charge in [0.1, 0.15) is 12.1 Å². The summed E-state index contributed by atoms with van der Waals surface area (Å²) in [5.74, 6) is -0.326. The lowest BCUT2D eigenvalue weighted by atomic mass is 10.1. The van der Waals surface area contributed by atoms with Crippen LogP contribution in [0.25, 0.3) is 11.4 Å². The first-order chi connectivity index (χ1) is 15.1. The first kappa shape index (κ1) is 22.7. The highest BCUT2D eigenvalue weighted by molar-refractivity contribution is 7.93. The van der Waals surface area contributed by atoms with Gasteiger partial charge in [-0.3, -0.25) is 4.31 Å². The second-order valence-corrected chi connectivity index (χ2v) is 10.8. The molecule has 32 heavy (non-hydrogen) atoms. The summed E-state index contributed by atoms with van der Waals surface area (Å²) in [7, 11) is -4.05. The fourth-order valence-electron chi connectivity index (χ4n) is 3.88. The van der Waals surface area contributed by atoms with Crippen LogP contribution in [0.1, 0.15) is 33.2 Å². The predicted octanol–water partition coefficient (Wildman–Crippen LogP) is 4.69. The van der Waals surface area contributed by atoms with Gasteiger partial charge in [0.15, 0.2) is 5.82 Å². The zero-order valence-corrected chi connectivity index (χ0v) is 19.6. The molecule has 7 nitrogen and oxygen atoms in total. The summed E-state index contributed by atoms with van der Waals surface area (Å²) >= 11 is 6.14. The number of aromatic nitrogens is 3. The summed E-state index contributed by atoms with van der Waals surface area (Å²) in [6.07, 6.45) is 2.34. The number of anilines is 1. The Hall–Kier alpha value is -2.49. The number of benzene rings is 2. The molecule has 4 rings (SSSR count). The topological polar surface area (TPSA) is 77.3 Å². The molecule has 1 aliphatic heterocycles. The monoisotopic (exact) mass is 478 g/mol. The van der Waals surface area contributed by atoms with Gasteiger partial charge >= 0.3 is 0 Å². The molecule has 1 aromatic heterocycles. The molecule has 0 bridgehead atoms. The second-order valence-electron chi connectivity index (χ2n) is 8.62. The summed E-state index contributed by atoms with van der Waals surface area (Å²) in [5.41, 5.74) is -0.419. The average molecular weight is 479 g/mol. The van der Waals surface area contributed by atoms with Crippen molar-refractivity contribution in [1.29, 1.82) is 0 Å². The Morgan fingerprint density at radius 3 is 2.56 bits per heavy atom. The molecule has 0 aliphatic carbocycles. The first-order valence-corrected chi connectivity index (χ1v) is 12.0. The molecule has 0 unspecified atom stereocenters. The zero-order valence-electron chi connectivity index (χ0n) is 18.0. The fraction of sp³-hybridized carbons (Fsp3) is 0.364. The van der Waals surface area contributed by atoms with Crippen LogP contribution in [0.3, 0.4) is 0 Å². The Kier molecular flexibility index (Phi) is 6.00. The Balaban J connectivity index is 1.96. The molecule has 2 heterocycles. The van der Waals surface area contributed by atoms with E-state index in [2.05, 4.69) is 10.2 Å². The van der Waals surface area contributed by atoms with Crippen molar-refractivity contribution in [1.82, 2.24) is 14.8 Å². The maximum atomic E-state index is 14.7. The number of ether oxygens (including phenoxy) is 1. The van der Waals surface area contributed by atoms with Crippen LogP contribution in [0.5, 0.6) is 0 Å². The van der Waals surface area contributed by atoms with E-state index in [-0.39, 0.29) is 21.6 Å². The predicted molar refractivity (Wildman–Crippen MR) is 121 cm³/mol. The van der Waals surface area contributed by atoms with Gasteiger partial charge in [-0.1, -0.05) is 29.8 Å². The van der Waals surface area contributed by atoms with Crippen molar-refractivity contribution >= 4 is 27.3 Å². The summed E-state index contributed by atoms with van der Waals surface area (Å²) in [5, 5.41) is 8.13. The Morgan fingerprint density at radius 1 is 1.22 bits per heavy atom. The minimum atomic E-state index is -4.05. The highest BCUT2D eigenvalue weighted by atomic mass is 35.5. The third kappa shape index (κ3) is 4.12. The second kappa shape index (κ2) is 8.46. The maximum Gasteiger partial charge on any atom is 0.264 e. The highest BCUT2D eigenvalue weighted by Crippen LogP contribution is 2.41. The Bertz CT molecular complexity index is 1220. The van der Waals surface area contributed by atoms with Gasteiger partial charge in [-0.25, -0.2) is 12.8 Å². The van der Waals surface area contributed by atoms with E-state index in [4.69, 9.17) is 16.3 Å². The van der Waals surface area contributed by atoms with Gasteiger partial charge in [0.2, 0.25) is 0 Å². The third-order valence-electron chi connectivity index (χ3n) is 5.26. The molecule has 1 aliphatic rings. The van der Waals surface area contributed by atoms with Crippen molar-refractivity contribution in [2.75, 3.05) is 17.5 Å². The number of sulfonamides is 1. The summed E-state index contributed by atoms with van der Waals surface area (Å²) in [4.78, 5) is 0.0990. The molecule has 0 amide bonds.